The molecule has 2 aromatic rings. The zero-order valence-electron chi connectivity index (χ0n) is 15.5. The van der Waals surface area contributed by atoms with Crippen LogP contribution in [-0.4, -0.2) is 45.8 Å². The molecule has 140 valence electrons. The highest BCUT2D eigenvalue weighted by Crippen LogP contribution is 2.24. The minimum atomic E-state index is -0.272. The van der Waals surface area contributed by atoms with Crippen LogP contribution in [0.3, 0.4) is 0 Å². The van der Waals surface area contributed by atoms with Crippen molar-refractivity contribution in [2.45, 2.75) is 45.8 Å². The van der Waals surface area contributed by atoms with Gasteiger partial charge in [0, 0.05) is 36.9 Å². The normalized spacial score (nSPS) is 20.5. The van der Waals surface area contributed by atoms with Gasteiger partial charge in [-0.2, -0.15) is 5.10 Å². The fraction of sp³-hybridized carbons (Fsp3) is 0.474. The standard InChI is InChI=1S/C19H26FN5O/c1-4-22-19(26)18-9-15(21)10-24(18)11-17-12(2)23-25(13(17)3)16-7-5-14(20)6-8-16/h5-8,15,18H,4,9-11,21H2,1-3H3,(H,22,26)/t15-,18+/m1/s1. The van der Waals surface area contributed by atoms with E-state index >= 15 is 0 Å². The van der Waals surface area contributed by atoms with E-state index in [1.165, 1.54) is 12.1 Å². The van der Waals surface area contributed by atoms with Gasteiger partial charge in [-0.05, 0) is 51.5 Å². The molecule has 1 saturated heterocycles. The highest BCUT2D eigenvalue weighted by molar-refractivity contribution is 5.82. The third-order valence-electron chi connectivity index (χ3n) is 4.96. The summed E-state index contributed by atoms with van der Waals surface area (Å²) in [5.74, 6) is -0.243. The van der Waals surface area contributed by atoms with Crippen molar-refractivity contribution in [2.75, 3.05) is 13.1 Å². The van der Waals surface area contributed by atoms with Crippen molar-refractivity contribution in [1.29, 1.82) is 0 Å². The number of nitrogens with zero attached hydrogens (tertiary/aromatic N) is 3. The second-order valence-corrected chi connectivity index (χ2v) is 6.87. The number of aryl methyl sites for hydroxylation is 1. The summed E-state index contributed by atoms with van der Waals surface area (Å²) in [5.41, 5.74) is 9.90. The predicted molar refractivity (Wildman–Crippen MR) is 98.5 cm³/mol. The molecule has 1 aromatic heterocycles. The van der Waals surface area contributed by atoms with Crippen LogP contribution in [0.25, 0.3) is 5.69 Å². The maximum atomic E-state index is 13.2. The van der Waals surface area contributed by atoms with Crippen LogP contribution in [-0.2, 0) is 11.3 Å². The molecule has 0 spiro atoms. The Labute approximate surface area is 153 Å². The van der Waals surface area contributed by atoms with E-state index in [0.29, 0.717) is 26.1 Å². The summed E-state index contributed by atoms with van der Waals surface area (Å²) in [6, 6.07) is 6.06. The zero-order chi connectivity index (χ0) is 18.8. The number of amides is 1. The summed E-state index contributed by atoms with van der Waals surface area (Å²) in [7, 11) is 0. The molecule has 0 saturated carbocycles. The molecule has 1 aliphatic heterocycles. The topological polar surface area (TPSA) is 76.2 Å². The predicted octanol–water partition coefficient (Wildman–Crippen LogP) is 1.67. The highest BCUT2D eigenvalue weighted by Gasteiger charge is 2.35. The minimum Gasteiger partial charge on any atom is -0.355 e. The smallest absolute Gasteiger partial charge is 0.237 e. The van der Waals surface area contributed by atoms with Crippen LogP contribution in [0.5, 0.6) is 0 Å². The summed E-state index contributed by atoms with van der Waals surface area (Å²) in [6.45, 7) is 7.78. The maximum Gasteiger partial charge on any atom is 0.237 e. The van der Waals surface area contributed by atoms with Crippen molar-refractivity contribution < 1.29 is 9.18 Å². The Morgan fingerprint density at radius 2 is 2.04 bits per heavy atom. The number of nitrogens with two attached hydrogens (primary N) is 1. The van der Waals surface area contributed by atoms with Crippen LogP contribution in [0.4, 0.5) is 4.39 Å². The van der Waals surface area contributed by atoms with Gasteiger partial charge < -0.3 is 11.1 Å². The number of likely N-dealkylation sites (tertiary alicyclic amines) is 1. The van der Waals surface area contributed by atoms with Gasteiger partial charge in [0.2, 0.25) is 5.91 Å². The Hall–Kier alpha value is -2.25. The number of hydrogen-bond donors (Lipinski definition) is 2. The molecular weight excluding hydrogens is 333 g/mol. The Balaban J connectivity index is 1.85. The molecule has 0 radical (unpaired) electrons. The van der Waals surface area contributed by atoms with E-state index in [2.05, 4.69) is 15.3 Å². The van der Waals surface area contributed by atoms with Crippen molar-refractivity contribution in [1.82, 2.24) is 20.0 Å². The van der Waals surface area contributed by atoms with E-state index in [1.807, 2.05) is 25.5 Å². The van der Waals surface area contributed by atoms with E-state index in [4.69, 9.17) is 5.73 Å². The molecule has 0 bridgehead atoms. The quantitative estimate of drug-likeness (QED) is 0.851. The molecule has 2 heterocycles. The van der Waals surface area contributed by atoms with Crippen molar-refractivity contribution in [3.63, 3.8) is 0 Å². The number of halogens is 1. The maximum absolute atomic E-state index is 13.2. The fourth-order valence-corrected chi connectivity index (χ4v) is 3.62. The van der Waals surface area contributed by atoms with Crippen molar-refractivity contribution in [3.8, 4) is 5.69 Å². The van der Waals surface area contributed by atoms with Crippen molar-refractivity contribution in [3.05, 3.63) is 47.0 Å². The van der Waals surface area contributed by atoms with E-state index in [-0.39, 0.29) is 23.8 Å². The van der Waals surface area contributed by atoms with E-state index < -0.39 is 0 Å². The number of aromatic nitrogens is 2. The summed E-state index contributed by atoms with van der Waals surface area (Å²) < 4.78 is 15.0. The zero-order valence-corrected chi connectivity index (χ0v) is 15.5. The lowest BCUT2D eigenvalue weighted by Gasteiger charge is -2.23. The first kappa shape index (κ1) is 18.5. The molecule has 2 atom stereocenters. The molecule has 6 nitrogen and oxygen atoms in total. The van der Waals surface area contributed by atoms with Gasteiger partial charge in [-0.1, -0.05) is 0 Å². The average Bonchev–Trinajstić information content (AvgIpc) is 3.10. The highest BCUT2D eigenvalue weighted by atomic mass is 19.1. The Morgan fingerprint density at radius 3 is 2.69 bits per heavy atom. The van der Waals surface area contributed by atoms with E-state index in [0.717, 1.165) is 22.6 Å². The third kappa shape index (κ3) is 3.64. The van der Waals surface area contributed by atoms with Gasteiger partial charge in [0.05, 0.1) is 17.4 Å². The van der Waals surface area contributed by atoms with E-state index in [1.54, 1.807) is 12.1 Å². The monoisotopic (exact) mass is 359 g/mol. The summed E-state index contributed by atoms with van der Waals surface area (Å²) in [5, 5.41) is 7.51. The van der Waals surface area contributed by atoms with Crippen LogP contribution < -0.4 is 11.1 Å². The largest absolute Gasteiger partial charge is 0.355 e. The van der Waals surface area contributed by atoms with Gasteiger partial charge >= 0.3 is 0 Å². The van der Waals surface area contributed by atoms with Crippen LogP contribution in [0.1, 0.15) is 30.3 Å². The number of benzene rings is 1. The van der Waals surface area contributed by atoms with Gasteiger partial charge in [-0.3, -0.25) is 9.69 Å². The first-order valence-corrected chi connectivity index (χ1v) is 8.99. The lowest BCUT2D eigenvalue weighted by molar-refractivity contribution is -0.125. The lowest BCUT2D eigenvalue weighted by atomic mass is 10.1. The van der Waals surface area contributed by atoms with Gasteiger partial charge in [0.1, 0.15) is 5.82 Å². The van der Waals surface area contributed by atoms with Crippen LogP contribution in [0, 0.1) is 19.7 Å². The van der Waals surface area contributed by atoms with Gasteiger partial charge in [0.15, 0.2) is 0 Å². The first-order chi connectivity index (χ1) is 12.4. The molecule has 3 rings (SSSR count). The third-order valence-corrected chi connectivity index (χ3v) is 4.96. The lowest BCUT2D eigenvalue weighted by Crippen LogP contribution is -2.42. The van der Waals surface area contributed by atoms with Gasteiger partial charge in [-0.15, -0.1) is 0 Å². The summed E-state index contributed by atoms with van der Waals surface area (Å²) in [4.78, 5) is 14.5. The minimum absolute atomic E-state index is 0.00429. The Morgan fingerprint density at radius 1 is 1.35 bits per heavy atom. The molecule has 1 amide bonds. The molecule has 7 heteroatoms. The molecule has 0 aliphatic carbocycles. The first-order valence-electron chi connectivity index (χ1n) is 8.99. The molecular formula is C19H26FN5O. The fourth-order valence-electron chi connectivity index (χ4n) is 3.62. The average molecular weight is 359 g/mol. The summed E-state index contributed by atoms with van der Waals surface area (Å²) in [6.07, 6.45) is 0.663. The van der Waals surface area contributed by atoms with Gasteiger partial charge in [-0.25, -0.2) is 9.07 Å². The molecule has 3 N–H and O–H groups in total. The molecule has 1 aliphatic rings. The number of nitrogens with one attached hydrogen (secondary N) is 1. The summed E-state index contributed by atoms with van der Waals surface area (Å²) >= 11 is 0. The Bertz CT molecular complexity index is 786. The number of rotatable bonds is 5. The second-order valence-electron chi connectivity index (χ2n) is 6.87. The van der Waals surface area contributed by atoms with Crippen molar-refractivity contribution >= 4 is 5.91 Å². The van der Waals surface area contributed by atoms with Crippen LogP contribution >= 0.6 is 0 Å². The second kappa shape index (κ2) is 7.55. The van der Waals surface area contributed by atoms with Crippen LogP contribution in [0.2, 0.25) is 0 Å². The number of carbonyl (C=O) groups excluding carboxylic acids is 1. The number of hydrogen-bond acceptors (Lipinski definition) is 4. The van der Waals surface area contributed by atoms with E-state index in [9.17, 15) is 9.18 Å². The molecule has 26 heavy (non-hydrogen) atoms. The molecule has 0 unspecified atom stereocenters. The molecule has 1 aromatic carbocycles. The number of carbonyl (C=O) groups is 1. The SMILES string of the molecule is CCNC(=O)[C@@H]1C[C@@H](N)CN1Cc1c(C)nn(-c2ccc(F)cc2)c1C. The van der Waals surface area contributed by atoms with Gasteiger partial charge in [0.25, 0.3) is 0 Å². The Kier molecular flexibility index (Phi) is 5.38. The molecule has 1 fully saturated rings. The van der Waals surface area contributed by atoms with Crippen LogP contribution in [0.15, 0.2) is 24.3 Å². The number of likely N-dealkylation sites (N-methyl/N-ethyl adjacent to an activating group) is 1. The van der Waals surface area contributed by atoms with Crippen molar-refractivity contribution in [2.24, 2.45) is 5.73 Å².